The van der Waals surface area contributed by atoms with Gasteiger partial charge in [0.1, 0.15) is 0 Å². The second-order valence-corrected chi connectivity index (χ2v) is 7.84. The molecule has 0 radical (unpaired) electrons. The van der Waals surface area contributed by atoms with Crippen molar-refractivity contribution < 1.29 is 18.7 Å². The van der Waals surface area contributed by atoms with Crippen molar-refractivity contribution in [1.82, 2.24) is 15.0 Å². The first-order chi connectivity index (χ1) is 13.1. The molecule has 1 aromatic carbocycles. The number of rotatable bonds is 7. The number of ether oxygens (including phenoxy) is 3. The second-order valence-electron chi connectivity index (χ2n) is 7.84. The van der Waals surface area contributed by atoms with Crippen LogP contribution in [0.1, 0.15) is 37.0 Å². The molecule has 3 heterocycles. The molecule has 4 rings (SSSR count). The van der Waals surface area contributed by atoms with E-state index < -0.39 is 0 Å². The molecule has 0 bridgehead atoms. The summed E-state index contributed by atoms with van der Waals surface area (Å²) in [5.74, 6) is 3.11. The largest absolute Gasteiger partial charge is 0.454 e. The van der Waals surface area contributed by atoms with E-state index in [1.165, 1.54) is 18.4 Å². The Labute approximate surface area is 159 Å². The number of hydrogen-bond acceptors (Lipinski definition) is 7. The third kappa shape index (κ3) is 4.42. The zero-order chi connectivity index (χ0) is 18.7. The van der Waals surface area contributed by atoms with E-state index in [9.17, 15) is 0 Å². The zero-order valence-electron chi connectivity index (χ0n) is 16.1. The summed E-state index contributed by atoms with van der Waals surface area (Å²) in [6.07, 6.45) is 4.08. The minimum atomic E-state index is 0.213. The lowest BCUT2D eigenvalue weighted by molar-refractivity contribution is 0.0876. The quantitative estimate of drug-likeness (QED) is 0.739. The summed E-state index contributed by atoms with van der Waals surface area (Å²) in [6, 6.07) is 6.28. The van der Waals surface area contributed by atoms with Crippen molar-refractivity contribution in [3.8, 4) is 11.5 Å². The maximum Gasteiger partial charge on any atom is 0.240 e. The fourth-order valence-corrected chi connectivity index (χ4v) is 4.09. The number of methoxy groups -OCH3 is 1. The summed E-state index contributed by atoms with van der Waals surface area (Å²) >= 11 is 0. The molecule has 1 aromatic heterocycles. The van der Waals surface area contributed by atoms with Crippen LogP contribution in [-0.2, 0) is 24.1 Å². The molecule has 0 aliphatic carbocycles. The highest BCUT2D eigenvalue weighted by Gasteiger charge is 2.32. The third-order valence-corrected chi connectivity index (χ3v) is 5.33. The van der Waals surface area contributed by atoms with Crippen molar-refractivity contribution in [2.45, 2.75) is 39.2 Å². The summed E-state index contributed by atoms with van der Waals surface area (Å²) < 4.78 is 21.4. The normalized spacial score (nSPS) is 22.3. The van der Waals surface area contributed by atoms with Gasteiger partial charge in [0.05, 0.1) is 13.2 Å². The van der Waals surface area contributed by atoms with Crippen molar-refractivity contribution in [2.75, 3.05) is 33.6 Å². The van der Waals surface area contributed by atoms with Gasteiger partial charge in [-0.25, -0.2) is 0 Å². The van der Waals surface area contributed by atoms with Crippen LogP contribution in [0.15, 0.2) is 22.7 Å². The highest BCUT2D eigenvalue weighted by atomic mass is 16.7. The van der Waals surface area contributed by atoms with E-state index in [1.807, 2.05) is 6.07 Å². The monoisotopic (exact) mass is 373 g/mol. The molecular weight excluding hydrogens is 346 g/mol. The highest BCUT2D eigenvalue weighted by Crippen LogP contribution is 2.37. The molecule has 7 heteroatoms. The Hall–Kier alpha value is -2.12. The van der Waals surface area contributed by atoms with Gasteiger partial charge in [0.15, 0.2) is 17.3 Å². The smallest absolute Gasteiger partial charge is 0.240 e. The van der Waals surface area contributed by atoms with Crippen LogP contribution >= 0.6 is 0 Å². The number of likely N-dealkylation sites (tertiary alicyclic amines) is 1. The van der Waals surface area contributed by atoms with E-state index in [2.05, 4.69) is 34.1 Å². The van der Waals surface area contributed by atoms with Gasteiger partial charge in [0.25, 0.3) is 0 Å². The fourth-order valence-electron chi connectivity index (χ4n) is 4.09. The maximum absolute atomic E-state index is 5.52. The van der Waals surface area contributed by atoms with Crippen LogP contribution < -0.4 is 9.47 Å². The van der Waals surface area contributed by atoms with Crippen LogP contribution in [0.3, 0.4) is 0 Å². The Kier molecular flexibility index (Phi) is 5.31. The molecule has 0 amide bonds. The molecule has 2 aliphatic heterocycles. The van der Waals surface area contributed by atoms with Gasteiger partial charge in [-0.3, -0.25) is 4.90 Å². The first kappa shape index (κ1) is 18.3. The van der Waals surface area contributed by atoms with Gasteiger partial charge in [0.2, 0.25) is 12.7 Å². The van der Waals surface area contributed by atoms with Crippen LogP contribution in [-0.4, -0.2) is 48.6 Å². The third-order valence-electron chi connectivity index (χ3n) is 5.33. The van der Waals surface area contributed by atoms with Crippen LogP contribution in [0.5, 0.6) is 11.5 Å². The molecule has 27 heavy (non-hydrogen) atoms. The predicted molar refractivity (Wildman–Crippen MR) is 98.8 cm³/mol. The number of hydrogen-bond donors (Lipinski definition) is 0. The minimum Gasteiger partial charge on any atom is -0.454 e. The average molecular weight is 373 g/mol. The van der Waals surface area contributed by atoms with E-state index >= 15 is 0 Å². The summed E-state index contributed by atoms with van der Waals surface area (Å²) in [5.41, 5.74) is 1.51. The molecule has 7 nitrogen and oxygen atoms in total. The molecule has 0 spiro atoms. The Morgan fingerprint density at radius 3 is 3.04 bits per heavy atom. The van der Waals surface area contributed by atoms with Gasteiger partial charge >= 0.3 is 0 Å². The molecular formula is C20H27N3O4. The van der Waals surface area contributed by atoms with Crippen molar-refractivity contribution in [3.63, 3.8) is 0 Å². The molecule has 1 atom stereocenters. The van der Waals surface area contributed by atoms with E-state index in [1.54, 1.807) is 7.11 Å². The van der Waals surface area contributed by atoms with Crippen molar-refractivity contribution in [3.05, 3.63) is 35.5 Å². The first-order valence-corrected chi connectivity index (χ1v) is 9.55. The predicted octanol–water partition coefficient (Wildman–Crippen LogP) is 2.83. The molecule has 0 saturated carbocycles. The van der Waals surface area contributed by atoms with Gasteiger partial charge in [-0.15, -0.1) is 0 Å². The lowest BCUT2D eigenvalue weighted by atomic mass is 9.77. The summed E-state index contributed by atoms with van der Waals surface area (Å²) in [5, 5.41) is 4.04. The number of piperidine rings is 1. The lowest BCUT2D eigenvalue weighted by Crippen LogP contribution is -2.42. The van der Waals surface area contributed by atoms with Crippen LogP contribution in [0, 0.1) is 5.41 Å². The molecule has 1 saturated heterocycles. The van der Waals surface area contributed by atoms with E-state index in [4.69, 9.17) is 18.7 Å². The maximum atomic E-state index is 5.52. The fraction of sp³-hybridized carbons (Fsp3) is 0.600. The molecule has 1 unspecified atom stereocenters. The standard InChI is InChI=1S/C20H27N3O4/c1-20(11-15-4-5-16-17(10-15)26-14-25-16)7-3-8-23(13-20)12-19-21-18(22-27-19)6-9-24-2/h4-5,10H,3,6-9,11-14H2,1-2H3. The van der Waals surface area contributed by atoms with Crippen molar-refractivity contribution in [2.24, 2.45) is 5.41 Å². The van der Waals surface area contributed by atoms with Crippen LogP contribution in [0.4, 0.5) is 0 Å². The average Bonchev–Trinajstić information content (AvgIpc) is 3.28. The first-order valence-electron chi connectivity index (χ1n) is 9.55. The summed E-state index contributed by atoms with van der Waals surface area (Å²) in [4.78, 5) is 6.90. The number of fused-ring (bicyclic) bond motifs is 1. The van der Waals surface area contributed by atoms with Crippen LogP contribution in [0.2, 0.25) is 0 Å². The molecule has 2 aliphatic rings. The Bertz CT molecular complexity index is 778. The van der Waals surface area contributed by atoms with Gasteiger partial charge in [-0.1, -0.05) is 18.1 Å². The van der Waals surface area contributed by atoms with Crippen LogP contribution in [0.25, 0.3) is 0 Å². The zero-order valence-corrected chi connectivity index (χ0v) is 16.1. The lowest BCUT2D eigenvalue weighted by Gasteiger charge is -2.40. The molecule has 146 valence electrons. The van der Waals surface area contributed by atoms with Gasteiger partial charge < -0.3 is 18.7 Å². The van der Waals surface area contributed by atoms with E-state index in [0.29, 0.717) is 38.1 Å². The summed E-state index contributed by atoms with van der Waals surface area (Å²) in [6.45, 7) is 6.07. The Morgan fingerprint density at radius 1 is 1.26 bits per heavy atom. The van der Waals surface area contributed by atoms with Crippen molar-refractivity contribution in [1.29, 1.82) is 0 Å². The van der Waals surface area contributed by atoms with E-state index in [0.717, 1.165) is 31.0 Å². The number of aromatic nitrogens is 2. The highest BCUT2D eigenvalue weighted by molar-refractivity contribution is 5.44. The second kappa shape index (κ2) is 7.86. The Morgan fingerprint density at radius 2 is 2.15 bits per heavy atom. The minimum absolute atomic E-state index is 0.213. The van der Waals surface area contributed by atoms with E-state index in [-0.39, 0.29) is 5.41 Å². The van der Waals surface area contributed by atoms with Gasteiger partial charge in [-0.2, -0.15) is 4.98 Å². The summed E-state index contributed by atoms with van der Waals surface area (Å²) in [7, 11) is 1.68. The van der Waals surface area contributed by atoms with Gasteiger partial charge in [0, 0.05) is 20.1 Å². The molecule has 1 fully saturated rings. The molecule has 2 aromatic rings. The SMILES string of the molecule is COCCc1noc(CN2CCCC(C)(Cc3ccc4c(c3)OCO4)C2)n1. The van der Waals surface area contributed by atoms with Gasteiger partial charge in [-0.05, 0) is 48.9 Å². The van der Waals surface area contributed by atoms with Crippen molar-refractivity contribution >= 4 is 0 Å². The topological polar surface area (TPSA) is 69.9 Å². The number of nitrogens with zero attached hydrogens (tertiary/aromatic N) is 3. The molecule has 0 N–H and O–H groups in total. The Balaban J connectivity index is 1.37. The number of benzene rings is 1.